The Balaban J connectivity index is 1.93. The van der Waals surface area contributed by atoms with Gasteiger partial charge in [-0.3, -0.25) is 4.79 Å². The third-order valence-corrected chi connectivity index (χ3v) is 4.48. The summed E-state index contributed by atoms with van der Waals surface area (Å²) in [6.45, 7) is 7.09. The van der Waals surface area contributed by atoms with E-state index in [0.717, 1.165) is 18.4 Å². The molecule has 1 aliphatic heterocycles. The van der Waals surface area contributed by atoms with Gasteiger partial charge in [-0.1, -0.05) is 6.07 Å². The smallest absolute Gasteiger partial charge is 0.410 e. The molecule has 1 saturated heterocycles. The van der Waals surface area contributed by atoms with Crippen molar-refractivity contribution in [3.05, 3.63) is 29.6 Å². The molecule has 1 fully saturated rings. The second kappa shape index (κ2) is 9.06. The number of esters is 1. The zero-order valence-corrected chi connectivity index (χ0v) is 16.5. The van der Waals surface area contributed by atoms with Crippen LogP contribution in [-0.4, -0.2) is 49.3 Å². The maximum atomic E-state index is 14.0. The molecular formula is C20H29FN2O4. The molecule has 27 heavy (non-hydrogen) atoms. The first-order chi connectivity index (χ1) is 12.7. The van der Waals surface area contributed by atoms with E-state index in [4.69, 9.17) is 4.74 Å². The average molecular weight is 380 g/mol. The molecule has 1 amide bonds. The van der Waals surface area contributed by atoms with Crippen molar-refractivity contribution in [1.82, 2.24) is 4.90 Å². The van der Waals surface area contributed by atoms with Crippen molar-refractivity contribution in [3.63, 3.8) is 0 Å². The van der Waals surface area contributed by atoms with Gasteiger partial charge in [0.25, 0.3) is 0 Å². The Kier molecular flexibility index (Phi) is 7.05. The Bertz CT molecular complexity index is 664. The fourth-order valence-electron chi connectivity index (χ4n) is 3.06. The summed E-state index contributed by atoms with van der Waals surface area (Å²) in [5, 5.41) is 2.95. The standard InChI is InChI=1S/C20H29FN2O4/c1-20(2,3)27-19(25)23-11-8-14(9-12-23)15-5-6-16(21)17(13-15)22-10-7-18(24)26-4/h5-6,13-14,22H,7-12H2,1-4H3. The minimum Gasteiger partial charge on any atom is -0.469 e. The van der Waals surface area contributed by atoms with Gasteiger partial charge in [0.1, 0.15) is 11.4 Å². The van der Waals surface area contributed by atoms with E-state index in [-0.39, 0.29) is 30.2 Å². The van der Waals surface area contributed by atoms with E-state index in [1.165, 1.54) is 13.2 Å². The molecule has 1 heterocycles. The molecule has 0 radical (unpaired) electrons. The Morgan fingerprint density at radius 3 is 2.52 bits per heavy atom. The number of piperidine rings is 1. The van der Waals surface area contributed by atoms with Gasteiger partial charge >= 0.3 is 12.1 Å². The van der Waals surface area contributed by atoms with Gasteiger partial charge in [0.15, 0.2) is 0 Å². The Labute approximate surface area is 160 Å². The van der Waals surface area contributed by atoms with E-state index < -0.39 is 5.60 Å². The zero-order chi connectivity index (χ0) is 20.0. The topological polar surface area (TPSA) is 67.9 Å². The third kappa shape index (κ3) is 6.41. The van der Waals surface area contributed by atoms with Gasteiger partial charge in [-0.15, -0.1) is 0 Å². The van der Waals surface area contributed by atoms with Crippen LogP contribution in [0.15, 0.2) is 18.2 Å². The van der Waals surface area contributed by atoms with Crippen LogP contribution in [0, 0.1) is 5.82 Å². The van der Waals surface area contributed by atoms with Crippen LogP contribution in [0.3, 0.4) is 0 Å². The zero-order valence-electron chi connectivity index (χ0n) is 16.5. The molecule has 1 aliphatic rings. The number of amides is 1. The highest BCUT2D eigenvalue weighted by atomic mass is 19.1. The number of anilines is 1. The number of halogens is 1. The first-order valence-electron chi connectivity index (χ1n) is 9.27. The third-order valence-electron chi connectivity index (χ3n) is 4.48. The van der Waals surface area contributed by atoms with E-state index in [1.54, 1.807) is 17.0 Å². The van der Waals surface area contributed by atoms with Gasteiger partial charge in [-0.25, -0.2) is 9.18 Å². The van der Waals surface area contributed by atoms with Crippen LogP contribution < -0.4 is 5.32 Å². The minimum atomic E-state index is -0.504. The number of hydrogen-bond donors (Lipinski definition) is 1. The Hall–Kier alpha value is -2.31. The van der Waals surface area contributed by atoms with Crippen molar-refractivity contribution in [3.8, 4) is 0 Å². The van der Waals surface area contributed by atoms with Crippen molar-refractivity contribution in [2.75, 3.05) is 32.1 Å². The molecule has 7 heteroatoms. The van der Waals surface area contributed by atoms with Crippen LogP contribution in [-0.2, 0) is 14.3 Å². The maximum absolute atomic E-state index is 14.0. The quantitative estimate of drug-likeness (QED) is 0.785. The Morgan fingerprint density at radius 2 is 1.93 bits per heavy atom. The van der Waals surface area contributed by atoms with E-state index in [9.17, 15) is 14.0 Å². The molecule has 0 aliphatic carbocycles. The molecule has 150 valence electrons. The van der Waals surface area contributed by atoms with Crippen LogP contribution in [0.4, 0.5) is 14.9 Å². The molecule has 0 spiro atoms. The van der Waals surface area contributed by atoms with Gasteiger partial charge in [-0.2, -0.15) is 0 Å². The highest BCUT2D eigenvalue weighted by Gasteiger charge is 2.27. The average Bonchev–Trinajstić information content (AvgIpc) is 2.61. The molecule has 6 nitrogen and oxygen atoms in total. The number of benzene rings is 1. The fraction of sp³-hybridized carbons (Fsp3) is 0.600. The predicted octanol–water partition coefficient (Wildman–Crippen LogP) is 3.92. The number of likely N-dealkylation sites (tertiary alicyclic amines) is 1. The highest BCUT2D eigenvalue weighted by Crippen LogP contribution is 2.31. The summed E-state index contributed by atoms with van der Waals surface area (Å²) in [7, 11) is 1.33. The van der Waals surface area contributed by atoms with Crippen molar-refractivity contribution in [2.45, 2.75) is 51.6 Å². The van der Waals surface area contributed by atoms with Gasteiger partial charge < -0.3 is 19.7 Å². The second-order valence-electron chi connectivity index (χ2n) is 7.73. The number of nitrogens with zero attached hydrogens (tertiary/aromatic N) is 1. The molecule has 1 aromatic rings. The van der Waals surface area contributed by atoms with Crippen molar-refractivity contribution < 1.29 is 23.5 Å². The lowest BCUT2D eigenvalue weighted by molar-refractivity contribution is -0.140. The van der Waals surface area contributed by atoms with E-state index in [0.29, 0.717) is 25.3 Å². The molecule has 1 aromatic carbocycles. The van der Waals surface area contributed by atoms with Crippen LogP contribution >= 0.6 is 0 Å². The van der Waals surface area contributed by atoms with Crippen molar-refractivity contribution in [1.29, 1.82) is 0 Å². The second-order valence-corrected chi connectivity index (χ2v) is 7.73. The first-order valence-corrected chi connectivity index (χ1v) is 9.27. The number of nitrogens with one attached hydrogen (secondary N) is 1. The fourth-order valence-corrected chi connectivity index (χ4v) is 3.06. The van der Waals surface area contributed by atoms with Crippen molar-refractivity contribution >= 4 is 17.7 Å². The normalized spacial score (nSPS) is 15.4. The number of methoxy groups -OCH3 is 1. The molecule has 1 N–H and O–H groups in total. The monoisotopic (exact) mass is 380 g/mol. The SMILES string of the molecule is COC(=O)CCNc1cc(C2CCN(C(=O)OC(C)(C)C)CC2)ccc1F. The molecule has 0 atom stereocenters. The van der Waals surface area contributed by atoms with Gasteiger partial charge in [0.2, 0.25) is 0 Å². The van der Waals surface area contributed by atoms with E-state index in [1.807, 2.05) is 20.8 Å². The minimum absolute atomic E-state index is 0.175. The van der Waals surface area contributed by atoms with Crippen molar-refractivity contribution in [2.24, 2.45) is 0 Å². The molecule has 2 rings (SSSR count). The number of carbonyl (C=O) groups excluding carboxylic acids is 2. The molecule has 0 unspecified atom stereocenters. The van der Waals surface area contributed by atoms with E-state index in [2.05, 4.69) is 10.1 Å². The largest absolute Gasteiger partial charge is 0.469 e. The summed E-state index contributed by atoms with van der Waals surface area (Å²) < 4.78 is 24.0. The lowest BCUT2D eigenvalue weighted by Crippen LogP contribution is -2.41. The lowest BCUT2D eigenvalue weighted by Gasteiger charge is -2.33. The van der Waals surface area contributed by atoms with Gasteiger partial charge in [0.05, 0.1) is 19.2 Å². The van der Waals surface area contributed by atoms with Crippen LogP contribution in [0.25, 0.3) is 0 Å². The Morgan fingerprint density at radius 1 is 1.26 bits per heavy atom. The molecule has 0 bridgehead atoms. The van der Waals surface area contributed by atoms with Crippen LogP contribution in [0.2, 0.25) is 0 Å². The summed E-state index contributed by atoms with van der Waals surface area (Å²) in [5.74, 6) is -0.436. The van der Waals surface area contributed by atoms with Crippen LogP contribution in [0.1, 0.15) is 51.5 Å². The van der Waals surface area contributed by atoms with E-state index >= 15 is 0 Å². The maximum Gasteiger partial charge on any atom is 0.410 e. The summed E-state index contributed by atoms with van der Waals surface area (Å²) in [6, 6.07) is 5.02. The number of hydrogen-bond acceptors (Lipinski definition) is 5. The van der Waals surface area contributed by atoms with Gasteiger partial charge in [0, 0.05) is 19.6 Å². The highest BCUT2D eigenvalue weighted by molar-refractivity contribution is 5.70. The number of carbonyl (C=O) groups is 2. The number of ether oxygens (including phenoxy) is 2. The van der Waals surface area contributed by atoms with Gasteiger partial charge in [-0.05, 0) is 57.2 Å². The number of rotatable bonds is 5. The summed E-state index contributed by atoms with van der Waals surface area (Å²) in [4.78, 5) is 25.1. The first kappa shape index (κ1) is 21.0. The predicted molar refractivity (Wildman–Crippen MR) is 101 cm³/mol. The molecular weight excluding hydrogens is 351 g/mol. The lowest BCUT2D eigenvalue weighted by atomic mass is 9.89. The van der Waals surface area contributed by atoms with Crippen LogP contribution in [0.5, 0.6) is 0 Å². The summed E-state index contributed by atoms with van der Waals surface area (Å²) in [5.41, 5.74) is 0.905. The summed E-state index contributed by atoms with van der Waals surface area (Å²) >= 11 is 0. The molecule has 0 aromatic heterocycles. The summed E-state index contributed by atoms with van der Waals surface area (Å²) in [6.07, 6.45) is 1.48. The molecule has 0 saturated carbocycles.